The van der Waals surface area contributed by atoms with Crippen molar-refractivity contribution in [2.75, 3.05) is 0 Å². The number of aromatic nitrogens is 2. The van der Waals surface area contributed by atoms with Crippen molar-refractivity contribution in [2.24, 2.45) is 0 Å². The van der Waals surface area contributed by atoms with E-state index in [1.54, 1.807) is 0 Å². The Bertz CT molecular complexity index is 262. The van der Waals surface area contributed by atoms with Crippen LogP contribution in [0.3, 0.4) is 0 Å². The summed E-state index contributed by atoms with van der Waals surface area (Å²) in [6.45, 7) is 6.44. The quantitative estimate of drug-likeness (QED) is 0.669. The van der Waals surface area contributed by atoms with Crippen LogP contribution in [0.5, 0.6) is 0 Å². The van der Waals surface area contributed by atoms with Crippen molar-refractivity contribution in [3.63, 3.8) is 0 Å². The van der Waals surface area contributed by atoms with E-state index in [-0.39, 0.29) is 5.54 Å². The lowest BCUT2D eigenvalue weighted by molar-refractivity contribution is 0.389. The van der Waals surface area contributed by atoms with Gasteiger partial charge in [-0.15, -0.1) is 0 Å². The second-order valence-corrected chi connectivity index (χ2v) is 5.14. The second-order valence-electron chi connectivity index (χ2n) is 3.37. The highest BCUT2D eigenvalue weighted by Crippen LogP contribution is 2.24. The minimum Gasteiger partial charge on any atom is -0.319 e. The van der Waals surface area contributed by atoms with Gasteiger partial charge in [-0.3, -0.25) is 0 Å². The predicted molar refractivity (Wildman–Crippen MR) is 57.6 cm³/mol. The fourth-order valence-electron chi connectivity index (χ4n) is 0.779. The van der Waals surface area contributed by atoms with Crippen molar-refractivity contribution >= 4 is 38.5 Å². The summed E-state index contributed by atoms with van der Waals surface area (Å²) in [6.07, 6.45) is 1.85. The number of nitrogens with zero attached hydrogens (tertiary/aromatic N) is 2. The third-order valence-electron chi connectivity index (χ3n) is 1.39. The summed E-state index contributed by atoms with van der Waals surface area (Å²) in [7, 11) is 0. The van der Waals surface area contributed by atoms with Crippen LogP contribution in [0.4, 0.5) is 0 Å². The smallest absolute Gasteiger partial charge is 0.133 e. The molecule has 0 aliphatic heterocycles. The zero-order valence-corrected chi connectivity index (χ0v) is 10.5. The van der Waals surface area contributed by atoms with Crippen molar-refractivity contribution in [1.82, 2.24) is 9.55 Å². The third-order valence-corrected chi connectivity index (χ3v) is 3.68. The second kappa shape index (κ2) is 3.05. The Kier molecular flexibility index (Phi) is 2.63. The molecule has 0 bridgehead atoms. The lowest BCUT2D eigenvalue weighted by atomic mass is 10.1. The van der Waals surface area contributed by atoms with Gasteiger partial charge in [0.25, 0.3) is 0 Å². The number of hydrogen-bond acceptors (Lipinski definition) is 1. The number of hydrogen-bond donors (Lipinski definition) is 0. The van der Waals surface area contributed by atoms with Crippen LogP contribution in [-0.4, -0.2) is 9.55 Å². The summed E-state index contributed by atoms with van der Waals surface area (Å²) >= 11 is 5.69. The lowest BCUT2D eigenvalue weighted by Gasteiger charge is -2.21. The first-order chi connectivity index (χ1) is 4.93. The van der Waals surface area contributed by atoms with Crippen molar-refractivity contribution < 1.29 is 0 Å². The van der Waals surface area contributed by atoms with Gasteiger partial charge in [0.15, 0.2) is 0 Å². The van der Waals surface area contributed by atoms with Crippen LogP contribution in [0.1, 0.15) is 20.8 Å². The van der Waals surface area contributed by atoms with Gasteiger partial charge in [0.05, 0.1) is 6.33 Å². The first-order valence-corrected chi connectivity index (χ1v) is 5.19. The Morgan fingerprint density at radius 2 is 2.09 bits per heavy atom. The van der Waals surface area contributed by atoms with Crippen molar-refractivity contribution in [2.45, 2.75) is 26.3 Å². The molecule has 62 valence electrons. The molecule has 1 aromatic heterocycles. The third kappa shape index (κ3) is 1.96. The van der Waals surface area contributed by atoms with Gasteiger partial charge < -0.3 is 4.57 Å². The Balaban J connectivity index is 3.15. The zero-order valence-electron chi connectivity index (χ0n) is 6.73. The maximum Gasteiger partial charge on any atom is 0.133 e. The molecule has 1 aromatic rings. The van der Waals surface area contributed by atoms with Gasteiger partial charge in [-0.1, -0.05) is 0 Å². The molecular weight excluding hydrogens is 319 g/mol. The van der Waals surface area contributed by atoms with Gasteiger partial charge in [0.1, 0.15) is 8.30 Å². The summed E-state index contributed by atoms with van der Waals surface area (Å²) in [5.74, 6) is 0. The predicted octanol–water partition coefficient (Wildman–Crippen LogP) is 3.01. The van der Waals surface area contributed by atoms with Gasteiger partial charge in [-0.25, -0.2) is 4.98 Å². The molecule has 0 amide bonds. The topological polar surface area (TPSA) is 17.8 Å². The molecule has 1 heterocycles. The van der Waals surface area contributed by atoms with Gasteiger partial charge in [-0.05, 0) is 59.3 Å². The molecule has 0 fully saturated rings. The molecule has 0 N–H and O–H groups in total. The van der Waals surface area contributed by atoms with E-state index in [9.17, 15) is 0 Å². The minimum absolute atomic E-state index is 0.106. The van der Waals surface area contributed by atoms with E-state index in [2.05, 4.69) is 68.8 Å². The van der Waals surface area contributed by atoms with Crippen LogP contribution in [0.25, 0.3) is 0 Å². The minimum atomic E-state index is 0.106. The molecule has 0 saturated carbocycles. The molecule has 0 aromatic carbocycles. The number of imidazole rings is 1. The van der Waals surface area contributed by atoms with E-state index in [1.165, 1.54) is 0 Å². The average molecular weight is 329 g/mol. The van der Waals surface area contributed by atoms with E-state index in [4.69, 9.17) is 0 Å². The summed E-state index contributed by atoms with van der Waals surface area (Å²) < 4.78 is 4.18. The summed E-state index contributed by atoms with van der Waals surface area (Å²) in [5, 5.41) is 0. The molecule has 0 atom stereocenters. The monoisotopic (exact) mass is 328 g/mol. The first-order valence-electron chi connectivity index (χ1n) is 3.32. The highest BCUT2D eigenvalue weighted by Gasteiger charge is 2.17. The molecule has 4 heteroatoms. The van der Waals surface area contributed by atoms with Crippen molar-refractivity contribution in [1.29, 1.82) is 0 Å². The van der Waals surface area contributed by atoms with Crippen LogP contribution in [0, 0.1) is 3.70 Å². The molecule has 11 heavy (non-hydrogen) atoms. The highest BCUT2D eigenvalue weighted by molar-refractivity contribution is 14.1. The van der Waals surface area contributed by atoms with Gasteiger partial charge in [0, 0.05) is 5.54 Å². The Labute approximate surface area is 88.7 Å². The standard InChI is InChI=1S/C7H10BrIN2/c1-7(2,3)11-4-10-6(9)5(11)8/h4H,1-3H3. The SMILES string of the molecule is CC(C)(C)n1cnc(I)c1Br. The van der Waals surface area contributed by atoms with E-state index in [0.717, 1.165) is 8.30 Å². The number of rotatable bonds is 0. The fourth-order valence-corrected chi connectivity index (χ4v) is 1.89. The molecule has 0 aliphatic rings. The fraction of sp³-hybridized carbons (Fsp3) is 0.571. The van der Waals surface area contributed by atoms with E-state index >= 15 is 0 Å². The number of halogens is 2. The molecule has 0 saturated heterocycles. The largest absolute Gasteiger partial charge is 0.319 e. The van der Waals surface area contributed by atoms with Crippen LogP contribution in [0.15, 0.2) is 10.9 Å². The summed E-state index contributed by atoms with van der Waals surface area (Å²) in [5.41, 5.74) is 0.106. The van der Waals surface area contributed by atoms with Crippen molar-refractivity contribution in [3.05, 3.63) is 14.6 Å². The summed E-state index contributed by atoms with van der Waals surface area (Å²) in [4.78, 5) is 4.19. The van der Waals surface area contributed by atoms with E-state index in [0.29, 0.717) is 0 Å². The molecule has 0 spiro atoms. The average Bonchev–Trinajstić information content (AvgIpc) is 2.11. The van der Waals surface area contributed by atoms with Crippen molar-refractivity contribution in [3.8, 4) is 0 Å². The van der Waals surface area contributed by atoms with Gasteiger partial charge >= 0.3 is 0 Å². The van der Waals surface area contributed by atoms with Crippen LogP contribution in [-0.2, 0) is 5.54 Å². The Morgan fingerprint density at radius 3 is 2.27 bits per heavy atom. The molecule has 0 radical (unpaired) electrons. The van der Waals surface area contributed by atoms with Crippen LogP contribution in [0.2, 0.25) is 0 Å². The molecular formula is C7H10BrIN2. The lowest BCUT2D eigenvalue weighted by Crippen LogP contribution is -2.20. The zero-order chi connectivity index (χ0) is 8.65. The highest BCUT2D eigenvalue weighted by atomic mass is 127. The van der Waals surface area contributed by atoms with Gasteiger partial charge in [-0.2, -0.15) is 0 Å². The van der Waals surface area contributed by atoms with Crippen LogP contribution >= 0.6 is 38.5 Å². The Morgan fingerprint density at radius 1 is 1.55 bits per heavy atom. The molecule has 0 aliphatic carbocycles. The molecule has 1 rings (SSSR count). The van der Waals surface area contributed by atoms with E-state index < -0.39 is 0 Å². The summed E-state index contributed by atoms with van der Waals surface area (Å²) in [6, 6.07) is 0. The molecule has 2 nitrogen and oxygen atoms in total. The first kappa shape index (κ1) is 9.51. The van der Waals surface area contributed by atoms with Gasteiger partial charge in [0.2, 0.25) is 0 Å². The van der Waals surface area contributed by atoms with Crippen LogP contribution < -0.4 is 0 Å². The molecule has 0 unspecified atom stereocenters. The Hall–Kier alpha value is 0.420. The maximum atomic E-state index is 4.19. The normalized spacial score (nSPS) is 12.1. The maximum absolute atomic E-state index is 4.19. The van der Waals surface area contributed by atoms with E-state index in [1.807, 2.05) is 6.33 Å².